The lowest BCUT2D eigenvalue weighted by molar-refractivity contribution is -0.163. The van der Waals surface area contributed by atoms with Gasteiger partial charge in [0.1, 0.15) is 6.61 Å². The quantitative estimate of drug-likeness (QED) is 0.0346. The third-order valence-electron chi connectivity index (χ3n) is 12.2. The van der Waals surface area contributed by atoms with Crippen molar-refractivity contribution in [2.24, 2.45) is 0 Å². The van der Waals surface area contributed by atoms with Crippen LogP contribution in [-0.4, -0.2) is 37.9 Å². The minimum Gasteiger partial charge on any atom is -0.462 e. The van der Waals surface area contributed by atoms with Gasteiger partial charge >= 0.3 is 11.9 Å². The molecule has 0 aromatic rings. The Bertz CT molecular complexity index is 986. The van der Waals surface area contributed by atoms with Crippen LogP contribution in [0.5, 0.6) is 0 Å². The monoisotopic (exact) mass is 871 g/mol. The van der Waals surface area contributed by atoms with E-state index in [4.69, 9.17) is 14.2 Å². The van der Waals surface area contributed by atoms with E-state index in [9.17, 15) is 9.59 Å². The Kier molecular flexibility index (Phi) is 51.8. The number of carbonyl (C=O) groups excluding carboxylic acids is 2. The molecule has 0 aromatic carbocycles. The van der Waals surface area contributed by atoms with Gasteiger partial charge in [0.15, 0.2) is 6.10 Å². The maximum atomic E-state index is 12.8. The molecule has 0 aliphatic heterocycles. The molecule has 0 amide bonds. The van der Waals surface area contributed by atoms with Gasteiger partial charge in [0.05, 0.1) is 6.61 Å². The summed E-state index contributed by atoms with van der Waals surface area (Å²) in [6.45, 7) is 7.76. The lowest BCUT2D eigenvalue weighted by atomic mass is 10.0. The first-order valence-electron chi connectivity index (χ1n) is 27.5. The van der Waals surface area contributed by atoms with E-state index < -0.39 is 6.10 Å². The standard InChI is InChI=1S/C57H106O5/c1-4-7-10-13-16-19-22-25-27-28-29-31-34-37-40-43-46-49-52-60-53-55(62-57(59)51-48-45-42-39-36-32-24-21-18-15-12-9-6-3)54-61-56(58)50-47-44-41-38-35-33-30-26-23-20-17-14-11-8-5-2/h7,10,16,19,25,27,55H,4-6,8-9,11-15,17-18,20-24,26,28-54H2,1-3H3/b10-7-,19-16-,27-25-. The lowest BCUT2D eigenvalue weighted by Crippen LogP contribution is -2.30. The summed E-state index contributed by atoms with van der Waals surface area (Å²) in [5, 5.41) is 0. The fraction of sp³-hybridized carbons (Fsp3) is 0.860. The van der Waals surface area contributed by atoms with Crippen LogP contribution in [0.3, 0.4) is 0 Å². The fourth-order valence-corrected chi connectivity index (χ4v) is 8.12. The Labute approximate surface area is 387 Å². The number of hydrogen-bond donors (Lipinski definition) is 0. The van der Waals surface area contributed by atoms with Gasteiger partial charge in [-0.1, -0.05) is 263 Å². The summed E-state index contributed by atoms with van der Waals surface area (Å²) in [5.41, 5.74) is 0. The summed E-state index contributed by atoms with van der Waals surface area (Å²) in [6, 6.07) is 0. The van der Waals surface area contributed by atoms with Gasteiger partial charge in [-0.15, -0.1) is 0 Å². The van der Waals surface area contributed by atoms with Gasteiger partial charge in [0.25, 0.3) is 0 Å². The first-order valence-corrected chi connectivity index (χ1v) is 27.5. The second-order valence-electron chi connectivity index (χ2n) is 18.5. The van der Waals surface area contributed by atoms with Crippen molar-refractivity contribution in [3.8, 4) is 0 Å². The summed E-state index contributed by atoms with van der Waals surface area (Å²) in [6.07, 6.45) is 64.4. The molecular formula is C57H106O5. The molecule has 0 fully saturated rings. The van der Waals surface area contributed by atoms with Crippen LogP contribution in [0.15, 0.2) is 36.5 Å². The molecule has 5 heteroatoms. The first-order chi connectivity index (χ1) is 30.6. The molecule has 0 N–H and O–H groups in total. The number of esters is 2. The molecule has 364 valence electrons. The highest BCUT2D eigenvalue weighted by atomic mass is 16.6. The number of hydrogen-bond acceptors (Lipinski definition) is 5. The van der Waals surface area contributed by atoms with Crippen LogP contribution in [0.4, 0.5) is 0 Å². The molecule has 62 heavy (non-hydrogen) atoms. The Morgan fingerprint density at radius 3 is 1.16 bits per heavy atom. The topological polar surface area (TPSA) is 61.8 Å². The highest BCUT2D eigenvalue weighted by molar-refractivity contribution is 5.70. The van der Waals surface area contributed by atoms with Crippen LogP contribution in [0.1, 0.15) is 290 Å². The summed E-state index contributed by atoms with van der Waals surface area (Å²) >= 11 is 0. The summed E-state index contributed by atoms with van der Waals surface area (Å²) in [5.74, 6) is -0.382. The van der Waals surface area contributed by atoms with Crippen LogP contribution in [-0.2, 0) is 23.8 Å². The number of unbranched alkanes of at least 4 members (excludes halogenated alkanes) is 34. The molecule has 0 aliphatic carbocycles. The number of rotatable bonds is 51. The van der Waals surface area contributed by atoms with Crippen molar-refractivity contribution in [1.29, 1.82) is 0 Å². The average Bonchev–Trinajstić information content (AvgIpc) is 3.27. The number of ether oxygens (including phenoxy) is 3. The molecule has 0 saturated carbocycles. The molecule has 5 nitrogen and oxygen atoms in total. The fourth-order valence-electron chi connectivity index (χ4n) is 8.12. The van der Waals surface area contributed by atoms with Gasteiger partial charge < -0.3 is 14.2 Å². The normalized spacial score (nSPS) is 12.4. The van der Waals surface area contributed by atoms with Crippen molar-refractivity contribution < 1.29 is 23.8 Å². The van der Waals surface area contributed by atoms with E-state index in [1.807, 2.05) is 0 Å². The zero-order chi connectivity index (χ0) is 44.9. The zero-order valence-corrected chi connectivity index (χ0v) is 41.9. The zero-order valence-electron chi connectivity index (χ0n) is 41.9. The second-order valence-corrected chi connectivity index (χ2v) is 18.5. The predicted octanol–water partition coefficient (Wildman–Crippen LogP) is 18.6. The van der Waals surface area contributed by atoms with E-state index in [-0.39, 0.29) is 25.2 Å². The molecule has 0 aromatic heterocycles. The maximum Gasteiger partial charge on any atom is 0.306 e. The highest BCUT2D eigenvalue weighted by Gasteiger charge is 2.17. The van der Waals surface area contributed by atoms with Crippen LogP contribution >= 0.6 is 0 Å². The van der Waals surface area contributed by atoms with E-state index in [1.165, 1.54) is 199 Å². The van der Waals surface area contributed by atoms with E-state index in [2.05, 4.69) is 57.2 Å². The van der Waals surface area contributed by atoms with Crippen LogP contribution in [0.2, 0.25) is 0 Å². The Morgan fingerprint density at radius 1 is 0.371 bits per heavy atom. The van der Waals surface area contributed by atoms with Crippen LogP contribution in [0.25, 0.3) is 0 Å². The molecule has 0 saturated heterocycles. The van der Waals surface area contributed by atoms with Gasteiger partial charge in [0, 0.05) is 19.4 Å². The van der Waals surface area contributed by atoms with Gasteiger partial charge in [-0.25, -0.2) is 0 Å². The Balaban J connectivity index is 4.22. The van der Waals surface area contributed by atoms with Gasteiger partial charge in [0.2, 0.25) is 0 Å². The van der Waals surface area contributed by atoms with Gasteiger partial charge in [-0.05, 0) is 51.4 Å². The molecular weight excluding hydrogens is 765 g/mol. The Hall–Kier alpha value is -1.88. The molecule has 0 aliphatic rings. The second kappa shape index (κ2) is 53.5. The SMILES string of the molecule is CC/C=C\C/C=C\C/C=C\CCCCCCCCCCOCC(COC(=O)CCCCCCCCCCCCCCCCC)OC(=O)CCCCCCCCCCCCCCC. The molecule has 0 radical (unpaired) electrons. The average molecular weight is 871 g/mol. The minimum atomic E-state index is -0.534. The van der Waals surface area contributed by atoms with Gasteiger partial charge in [-0.2, -0.15) is 0 Å². The number of allylic oxidation sites excluding steroid dienone is 6. The molecule has 0 spiro atoms. The van der Waals surface area contributed by atoms with Crippen molar-refractivity contribution in [1.82, 2.24) is 0 Å². The third kappa shape index (κ3) is 50.8. The van der Waals surface area contributed by atoms with E-state index in [1.54, 1.807) is 0 Å². The lowest BCUT2D eigenvalue weighted by Gasteiger charge is -2.18. The van der Waals surface area contributed by atoms with Crippen molar-refractivity contribution in [3.63, 3.8) is 0 Å². The van der Waals surface area contributed by atoms with Crippen LogP contribution < -0.4 is 0 Å². The van der Waals surface area contributed by atoms with Crippen molar-refractivity contribution in [2.75, 3.05) is 19.8 Å². The van der Waals surface area contributed by atoms with E-state index >= 15 is 0 Å². The first kappa shape index (κ1) is 60.1. The molecule has 1 atom stereocenters. The summed E-state index contributed by atoms with van der Waals surface area (Å²) in [4.78, 5) is 25.4. The largest absolute Gasteiger partial charge is 0.462 e. The highest BCUT2D eigenvalue weighted by Crippen LogP contribution is 2.16. The maximum absolute atomic E-state index is 12.8. The smallest absolute Gasteiger partial charge is 0.306 e. The number of carbonyl (C=O) groups is 2. The molecule has 0 bridgehead atoms. The minimum absolute atomic E-state index is 0.0890. The van der Waals surface area contributed by atoms with E-state index in [0.717, 1.165) is 57.8 Å². The van der Waals surface area contributed by atoms with Gasteiger partial charge in [-0.3, -0.25) is 9.59 Å². The van der Waals surface area contributed by atoms with Crippen molar-refractivity contribution in [2.45, 2.75) is 297 Å². The van der Waals surface area contributed by atoms with Crippen molar-refractivity contribution in [3.05, 3.63) is 36.5 Å². The molecule has 0 rings (SSSR count). The summed E-state index contributed by atoms with van der Waals surface area (Å²) < 4.78 is 17.5. The van der Waals surface area contributed by atoms with E-state index in [0.29, 0.717) is 19.4 Å². The third-order valence-corrected chi connectivity index (χ3v) is 12.2. The summed E-state index contributed by atoms with van der Waals surface area (Å²) in [7, 11) is 0. The predicted molar refractivity (Wildman–Crippen MR) is 270 cm³/mol. The Morgan fingerprint density at radius 2 is 0.726 bits per heavy atom. The molecule has 0 heterocycles. The van der Waals surface area contributed by atoms with Crippen molar-refractivity contribution >= 4 is 11.9 Å². The van der Waals surface area contributed by atoms with Crippen LogP contribution in [0, 0.1) is 0 Å². The molecule has 1 unspecified atom stereocenters.